The van der Waals surface area contributed by atoms with E-state index >= 15 is 0 Å². The molecule has 0 unspecified atom stereocenters. The molecule has 1 heterocycles. The molecule has 1 aliphatic carbocycles. The molecule has 0 amide bonds. The number of hydrogen-bond donors (Lipinski definition) is 0. The van der Waals surface area contributed by atoms with E-state index in [1.54, 1.807) is 6.08 Å². The van der Waals surface area contributed by atoms with Gasteiger partial charge in [-0.15, -0.1) is 0 Å². The van der Waals surface area contributed by atoms with Gasteiger partial charge in [-0.25, -0.2) is 0 Å². The van der Waals surface area contributed by atoms with Gasteiger partial charge in [0.1, 0.15) is 12.4 Å². The predicted octanol–water partition coefficient (Wildman–Crippen LogP) is 5.43. The van der Waals surface area contributed by atoms with Crippen LogP contribution in [0.15, 0.2) is 54.1 Å². The number of allylic oxidation sites excluding steroid dienone is 1. The fraction of sp³-hybridized carbons (Fsp3) is 0.227. The summed E-state index contributed by atoms with van der Waals surface area (Å²) >= 11 is 6.03. The molecule has 0 N–H and O–H groups in total. The topological polar surface area (TPSA) is 26.3 Å². The monoisotopic (exact) mass is 350 g/mol. The lowest BCUT2D eigenvalue weighted by atomic mass is 9.89. The molecule has 4 rings (SSSR count). The molecule has 0 bridgehead atoms. The van der Waals surface area contributed by atoms with E-state index < -0.39 is 0 Å². The second-order valence-electron chi connectivity index (χ2n) is 6.58. The zero-order chi connectivity index (χ0) is 17.2. The number of ether oxygens (including phenoxy) is 1. The zero-order valence-electron chi connectivity index (χ0n) is 13.9. The Morgan fingerprint density at radius 1 is 1.04 bits per heavy atom. The first-order chi connectivity index (χ1) is 12.2. The van der Waals surface area contributed by atoms with Crippen molar-refractivity contribution in [2.75, 3.05) is 6.61 Å². The Hall–Kier alpha value is -2.32. The van der Waals surface area contributed by atoms with Crippen molar-refractivity contribution in [3.05, 3.63) is 81.4 Å². The molecule has 126 valence electrons. The molecule has 2 aromatic carbocycles. The summed E-state index contributed by atoms with van der Waals surface area (Å²) in [5, 5.41) is 0.675. The Bertz CT molecular complexity index is 893. The lowest BCUT2D eigenvalue weighted by Crippen LogP contribution is -2.07. The summed E-state index contributed by atoms with van der Waals surface area (Å²) < 4.78 is 5.71. The minimum Gasteiger partial charge on any atom is -0.488 e. The Morgan fingerprint density at radius 2 is 1.88 bits per heavy atom. The smallest absolute Gasteiger partial charge is 0.185 e. The van der Waals surface area contributed by atoms with Crippen LogP contribution in [0.5, 0.6) is 5.75 Å². The van der Waals surface area contributed by atoms with Gasteiger partial charge in [0.15, 0.2) is 5.78 Å². The summed E-state index contributed by atoms with van der Waals surface area (Å²) in [4.78, 5) is 12.5. The standard InChI is InChI=1S/C22H19ClO2/c23-20-8-10-22-19(13-20)11-15(14-25-22)5-9-21(24)18-7-6-16-3-1-2-4-17(16)12-18/h5-13H,1-4,14H2/b9-5+. The highest BCUT2D eigenvalue weighted by Gasteiger charge is 2.13. The zero-order valence-corrected chi connectivity index (χ0v) is 14.7. The predicted molar refractivity (Wildman–Crippen MR) is 101 cm³/mol. The average Bonchev–Trinajstić information content (AvgIpc) is 2.65. The largest absolute Gasteiger partial charge is 0.488 e. The van der Waals surface area contributed by atoms with Crippen molar-refractivity contribution >= 4 is 23.5 Å². The van der Waals surface area contributed by atoms with E-state index in [0.29, 0.717) is 11.6 Å². The summed E-state index contributed by atoms with van der Waals surface area (Å²) in [5.41, 5.74) is 5.39. The number of hydrogen-bond acceptors (Lipinski definition) is 2. The van der Waals surface area contributed by atoms with E-state index in [-0.39, 0.29) is 5.78 Å². The molecule has 0 saturated heterocycles. The average molecular weight is 351 g/mol. The van der Waals surface area contributed by atoms with Gasteiger partial charge >= 0.3 is 0 Å². The van der Waals surface area contributed by atoms with Crippen molar-refractivity contribution in [1.82, 2.24) is 0 Å². The van der Waals surface area contributed by atoms with Crippen molar-refractivity contribution in [1.29, 1.82) is 0 Å². The van der Waals surface area contributed by atoms with Gasteiger partial charge in [-0.1, -0.05) is 29.8 Å². The van der Waals surface area contributed by atoms with Crippen molar-refractivity contribution in [2.45, 2.75) is 25.7 Å². The van der Waals surface area contributed by atoms with Crippen LogP contribution < -0.4 is 4.74 Å². The number of ketones is 1. The molecular weight excluding hydrogens is 332 g/mol. The number of aryl methyl sites for hydroxylation is 2. The van der Waals surface area contributed by atoms with Crippen molar-refractivity contribution in [3.8, 4) is 5.75 Å². The maximum Gasteiger partial charge on any atom is 0.185 e. The first kappa shape index (κ1) is 16.2. The summed E-state index contributed by atoms with van der Waals surface area (Å²) in [5.74, 6) is 0.855. The SMILES string of the molecule is O=C(/C=C/C1=Cc2cc(Cl)ccc2OC1)c1ccc2c(c1)CCCC2. The van der Waals surface area contributed by atoms with Gasteiger partial charge in [0, 0.05) is 16.1 Å². The van der Waals surface area contributed by atoms with Gasteiger partial charge in [-0.3, -0.25) is 4.79 Å². The van der Waals surface area contributed by atoms with Gasteiger partial charge < -0.3 is 4.74 Å². The van der Waals surface area contributed by atoms with Gasteiger partial charge in [-0.05, 0) is 78.8 Å². The molecular formula is C22H19ClO2. The number of carbonyl (C=O) groups excluding carboxylic acids is 1. The van der Waals surface area contributed by atoms with Crippen molar-refractivity contribution < 1.29 is 9.53 Å². The highest BCUT2D eigenvalue weighted by molar-refractivity contribution is 6.30. The molecule has 0 radical (unpaired) electrons. The highest BCUT2D eigenvalue weighted by Crippen LogP contribution is 2.29. The van der Waals surface area contributed by atoms with E-state index in [1.165, 1.54) is 24.0 Å². The molecule has 0 fully saturated rings. The summed E-state index contributed by atoms with van der Waals surface area (Å²) in [6.07, 6.45) is 10.2. The van der Waals surface area contributed by atoms with Gasteiger partial charge in [0.2, 0.25) is 0 Å². The fourth-order valence-corrected chi connectivity index (χ4v) is 3.61. The van der Waals surface area contributed by atoms with E-state index in [4.69, 9.17) is 16.3 Å². The quantitative estimate of drug-likeness (QED) is 0.544. The third-order valence-electron chi connectivity index (χ3n) is 4.79. The number of fused-ring (bicyclic) bond motifs is 2. The molecule has 1 aliphatic heterocycles. The third-order valence-corrected chi connectivity index (χ3v) is 5.02. The van der Waals surface area contributed by atoms with Crippen LogP contribution in [0, 0.1) is 0 Å². The van der Waals surface area contributed by atoms with Gasteiger partial charge in [0.25, 0.3) is 0 Å². The third kappa shape index (κ3) is 3.54. The molecule has 0 spiro atoms. The first-order valence-electron chi connectivity index (χ1n) is 8.66. The van der Waals surface area contributed by atoms with Crippen LogP contribution in [-0.4, -0.2) is 12.4 Å². The maximum atomic E-state index is 12.5. The molecule has 2 aromatic rings. The normalized spacial score (nSPS) is 16.0. The number of carbonyl (C=O) groups is 1. The summed E-state index contributed by atoms with van der Waals surface area (Å²) in [6.45, 7) is 0.461. The van der Waals surface area contributed by atoms with Crippen LogP contribution in [0.4, 0.5) is 0 Å². The van der Waals surface area contributed by atoms with E-state index in [2.05, 4.69) is 12.1 Å². The van der Waals surface area contributed by atoms with Gasteiger partial charge in [-0.2, -0.15) is 0 Å². The Morgan fingerprint density at radius 3 is 2.76 bits per heavy atom. The molecule has 2 aliphatic rings. The molecule has 3 heteroatoms. The minimum atomic E-state index is 0.0335. The number of rotatable bonds is 3. The number of halogens is 1. The van der Waals surface area contributed by atoms with Crippen LogP contribution >= 0.6 is 11.6 Å². The molecule has 25 heavy (non-hydrogen) atoms. The van der Waals surface area contributed by atoms with E-state index in [9.17, 15) is 4.79 Å². The van der Waals surface area contributed by atoms with Crippen LogP contribution in [0.3, 0.4) is 0 Å². The first-order valence-corrected chi connectivity index (χ1v) is 9.04. The second-order valence-corrected chi connectivity index (χ2v) is 7.01. The summed E-state index contributed by atoms with van der Waals surface area (Å²) in [6, 6.07) is 11.7. The van der Waals surface area contributed by atoms with Crippen molar-refractivity contribution in [2.24, 2.45) is 0 Å². The van der Waals surface area contributed by atoms with Crippen LogP contribution in [0.1, 0.15) is 39.9 Å². The molecule has 0 saturated carbocycles. The van der Waals surface area contributed by atoms with Crippen LogP contribution in [0.25, 0.3) is 6.08 Å². The number of benzene rings is 2. The minimum absolute atomic E-state index is 0.0335. The molecule has 2 nitrogen and oxygen atoms in total. The van der Waals surface area contributed by atoms with E-state index in [0.717, 1.165) is 35.3 Å². The fourth-order valence-electron chi connectivity index (χ4n) is 3.43. The van der Waals surface area contributed by atoms with Crippen molar-refractivity contribution in [3.63, 3.8) is 0 Å². The maximum absolute atomic E-state index is 12.5. The van der Waals surface area contributed by atoms with E-state index in [1.807, 2.05) is 36.4 Å². The molecule has 0 atom stereocenters. The summed E-state index contributed by atoms with van der Waals surface area (Å²) in [7, 11) is 0. The van der Waals surface area contributed by atoms with Crippen LogP contribution in [0.2, 0.25) is 5.02 Å². The Kier molecular flexibility index (Phi) is 4.46. The molecule has 0 aromatic heterocycles. The highest BCUT2D eigenvalue weighted by atomic mass is 35.5. The lowest BCUT2D eigenvalue weighted by molar-refractivity contribution is 0.104. The Labute approximate surface area is 152 Å². The Balaban J connectivity index is 1.53. The van der Waals surface area contributed by atoms with Crippen LogP contribution in [-0.2, 0) is 12.8 Å². The second kappa shape index (κ2) is 6.89. The lowest BCUT2D eigenvalue weighted by Gasteiger charge is -2.16. The van der Waals surface area contributed by atoms with Gasteiger partial charge in [0.05, 0.1) is 0 Å².